The third-order valence-electron chi connectivity index (χ3n) is 3.60. The number of phenolic OH excluding ortho intramolecular Hbond substituents is 1. The van der Waals surface area contributed by atoms with Crippen LogP contribution in [0.15, 0.2) is 62.7 Å². The Morgan fingerprint density at radius 3 is 2.69 bits per heavy atom. The van der Waals surface area contributed by atoms with Crippen LogP contribution in [0.2, 0.25) is 4.34 Å². The normalized spacial score (nSPS) is 12.2. The first-order valence-corrected chi connectivity index (χ1v) is 9.62. The molecule has 0 amide bonds. The second kappa shape index (κ2) is 8.39. The molecule has 0 aliphatic heterocycles. The first-order valence-electron chi connectivity index (χ1n) is 7.60. The van der Waals surface area contributed by atoms with Gasteiger partial charge in [-0.05, 0) is 30.0 Å². The molecule has 4 N–H and O–H groups in total. The monoisotopic (exact) mass is 405 g/mol. The molecule has 0 atom stereocenters. The van der Waals surface area contributed by atoms with E-state index in [1.54, 1.807) is 7.05 Å². The molecule has 0 radical (unpaired) electrons. The maximum Gasteiger partial charge on any atom is 0.210 e. The van der Waals surface area contributed by atoms with Gasteiger partial charge in [-0.25, -0.2) is 0 Å². The number of thiophene rings is 1. The lowest BCUT2D eigenvalue weighted by Crippen LogP contribution is -1.99. The number of rotatable bonds is 4. The minimum atomic E-state index is 0.170. The molecule has 2 aromatic carbocycles. The van der Waals surface area contributed by atoms with Gasteiger partial charge in [0.1, 0.15) is 5.75 Å². The topological polar surface area (TPSA) is 95.4 Å². The van der Waals surface area contributed by atoms with Crippen molar-refractivity contribution in [3.8, 4) is 5.75 Å². The summed E-state index contributed by atoms with van der Waals surface area (Å²) < 4.78 is 0.754. The molecule has 0 aliphatic carbocycles. The zero-order valence-corrected chi connectivity index (χ0v) is 16.2. The summed E-state index contributed by atoms with van der Waals surface area (Å²) in [6.07, 6.45) is 0. The van der Waals surface area contributed by atoms with Crippen LogP contribution in [0.25, 0.3) is 10.8 Å². The maximum absolute atomic E-state index is 10.7. The van der Waals surface area contributed by atoms with Gasteiger partial charge in [-0.1, -0.05) is 41.1 Å². The Kier molecular flexibility index (Phi) is 5.97. The predicted octanol–water partition coefficient (Wildman–Crippen LogP) is 5.28. The minimum absolute atomic E-state index is 0.170. The molecule has 0 aliphatic rings. The lowest BCUT2D eigenvalue weighted by atomic mass is 10.1. The molecule has 0 saturated carbocycles. The summed E-state index contributed by atoms with van der Waals surface area (Å²) in [5, 5.41) is 23.1. The van der Waals surface area contributed by atoms with E-state index < -0.39 is 0 Å². The average Bonchev–Trinajstić information content (AvgIpc) is 3.07. The Morgan fingerprint density at radius 1 is 1.27 bits per heavy atom. The summed E-state index contributed by atoms with van der Waals surface area (Å²) in [6, 6.07) is 13.4. The Morgan fingerprint density at radius 2 is 2.04 bits per heavy atom. The molecule has 0 fully saturated rings. The van der Waals surface area contributed by atoms with E-state index in [-0.39, 0.29) is 5.75 Å². The smallest absolute Gasteiger partial charge is 0.210 e. The highest BCUT2D eigenvalue weighted by Crippen LogP contribution is 2.40. The fourth-order valence-corrected chi connectivity index (χ4v) is 4.23. The van der Waals surface area contributed by atoms with Crippen molar-refractivity contribution >= 4 is 56.3 Å². The van der Waals surface area contributed by atoms with Crippen molar-refractivity contribution in [3.05, 3.63) is 51.7 Å². The molecule has 6 nitrogen and oxygen atoms in total. The number of hydrogen-bond donors (Lipinski definition) is 3. The number of nitrogens with one attached hydrogen (secondary N) is 1. The van der Waals surface area contributed by atoms with Crippen LogP contribution < -0.4 is 11.2 Å². The number of nitrogens with zero attached hydrogens (tertiary/aromatic N) is 3. The first kappa shape index (κ1) is 18.5. The van der Waals surface area contributed by atoms with Crippen molar-refractivity contribution in [2.24, 2.45) is 21.2 Å². The van der Waals surface area contributed by atoms with E-state index in [4.69, 9.17) is 17.4 Å². The summed E-state index contributed by atoms with van der Waals surface area (Å²) in [5.74, 6) is 5.28. The minimum Gasteiger partial charge on any atom is -0.506 e. The van der Waals surface area contributed by atoms with Gasteiger partial charge in [0.25, 0.3) is 0 Å². The van der Waals surface area contributed by atoms with E-state index in [0.717, 1.165) is 25.7 Å². The maximum atomic E-state index is 10.7. The van der Waals surface area contributed by atoms with Crippen LogP contribution in [0.1, 0.15) is 4.88 Å². The van der Waals surface area contributed by atoms with Gasteiger partial charge in [0.15, 0.2) is 0 Å². The van der Waals surface area contributed by atoms with Crippen LogP contribution in [0, 0.1) is 0 Å². The quantitative estimate of drug-likeness (QED) is 0.105. The second-order valence-electron chi connectivity index (χ2n) is 5.20. The first-order chi connectivity index (χ1) is 12.6. The highest BCUT2D eigenvalue weighted by atomic mass is 35.5. The van der Waals surface area contributed by atoms with Crippen molar-refractivity contribution in [2.45, 2.75) is 11.4 Å². The molecule has 134 valence electrons. The molecular weight excluding hydrogens is 390 g/mol. The van der Waals surface area contributed by atoms with Crippen LogP contribution >= 0.6 is 34.7 Å². The summed E-state index contributed by atoms with van der Waals surface area (Å²) in [5.41, 5.74) is 0.894. The van der Waals surface area contributed by atoms with E-state index in [1.807, 2.05) is 42.5 Å². The van der Waals surface area contributed by atoms with Crippen molar-refractivity contribution in [2.75, 3.05) is 12.4 Å². The van der Waals surface area contributed by atoms with Crippen LogP contribution in [0.3, 0.4) is 0 Å². The number of hydrogen-bond acceptors (Lipinski definition) is 6. The SMILES string of the molecule is CN=C(N=NN)Sc1cc(NCc2ccc(Cl)s2)c2ccccc2c1O. The van der Waals surface area contributed by atoms with Gasteiger partial charge >= 0.3 is 0 Å². The molecule has 0 saturated heterocycles. The molecule has 26 heavy (non-hydrogen) atoms. The lowest BCUT2D eigenvalue weighted by Gasteiger charge is -2.14. The van der Waals surface area contributed by atoms with Gasteiger partial charge in [0.05, 0.1) is 9.23 Å². The number of aromatic hydroxyl groups is 1. The van der Waals surface area contributed by atoms with Crippen molar-refractivity contribution in [1.29, 1.82) is 0 Å². The average molecular weight is 406 g/mol. The second-order valence-corrected chi connectivity index (χ2v) is 8.01. The summed E-state index contributed by atoms with van der Waals surface area (Å²) in [6.45, 7) is 0.632. The van der Waals surface area contributed by atoms with Gasteiger partial charge in [-0.3, -0.25) is 4.99 Å². The number of halogens is 1. The fourth-order valence-electron chi connectivity index (χ4n) is 2.45. The Hall–Kier alpha value is -2.29. The predicted molar refractivity (Wildman–Crippen MR) is 111 cm³/mol. The van der Waals surface area contributed by atoms with Gasteiger partial charge in [0.2, 0.25) is 5.17 Å². The van der Waals surface area contributed by atoms with Crippen LogP contribution in [-0.2, 0) is 6.54 Å². The van der Waals surface area contributed by atoms with Crippen LogP contribution in [0.5, 0.6) is 5.75 Å². The van der Waals surface area contributed by atoms with E-state index in [0.29, 0.717) is 16.6 Å². The third kappa shape index (κ3) is 4.09. The van der Waals surface area contributed by atoms with E-state index in [9.17, 15) is 5.11 Å². The summed E-state index contributed by atoms with van der Waals surface area (Å²) >= 11 is 8.72. The highest BCUT2D eigenvalue weighted by molar-refractivity contribution is 8.14. The Labute approximate surface area is 163 Å². The summed E-state index contributed by atoms with van der Waals surface area (Å²) in [4.78, 5) is 5.75. The Bertz CT molecular complexity index is 986. The van der Waals surface area contributed by atoms with E-state index >= 15 is 0 Å². The number of thioether (sulfide) groups is 1. The van der Waals surface area contributed by atoms with Gasteiger partial charge in [0, 0.05) is 34.9 Å². The van der Waals surface area contributed by atoms with Crippen molar-refractivity contribution < 1.29 is 5.11 Å². The van der Waals surface area contributed by atoms with Gasteiger partial charge in [-0.15, -0.1) is 16.5 Å². The molecule has 0 bridgehead atoms. The van der Waals surface area contributed by atoms with Gasteiger partial charge in [-0.2, -0.15) is 0 Å². The fraction of sp³-hybridized carbons (Fsp3) is 0.118. The molecule has 9 heteroatoms. The summed E-state index contributed by atoms with van der Waals surface area (Å²) in [7, 11) is 1.59. The van der Waals surface area contributed by atoms with Crippen LogP contribution in [-0.4, -0.2) is 17.3 Å². The molecule has 1 heterocycles. The van der Waals surface area contributed by atoms with Crippen molar-refractivity contribution in [3.63, 3.8) is 0 Å². The zero-order chi connectivity index (χ0) is 18.5. The largest absolute Gasteiger partial charge is 0.506 e. The lowest BCUT2D eigenvalue weighted by molar-refractivity contribution is 0.469. The number of amidine groups is 1. The molecule has 3 rings (SSSR count). The highest BCUT2D eigenvalue weighted by Gasteiger charge is 2.14. The third-order valence-corrected chi connectivity index (χ3v) is 5.81. The molecular formula is C17H16ClN5OS2. The van der Waals surface area contributed by atoms with Crippen LogP contribution in [0.4, 0.5) is 5.69 Å². The number of nitrogens with two attached hydrogens (primary N) is 1. The van der Waals surface area contributed by atoms with Gasteiger partial charge < -0.3 is 16.3 Å². The molecule has 3 aromatic rings. The van der Waals surface area contributed by atoms with E-state index in [1.165, 1.54) is 23.1 Å². The molecule has 1 aromatic heterocycles. The standard InChI is InChI=1S/C17H16ClN5OS2/c1-20-17(22-23-19)26-14-8-13(21-9-10-6-7-15(18)25-10)11-4-2-3-5-12(11)16(14)24/h2-8,21,24H,9H2,1H3,(H2,19,20,22). The zero-order valence-electron chi connectivity index (χ0n) is 13.8. The number of phenols is 1. The number of anilines is 1. The van der Waals surface area contributed by atoms with Crippen molar-refractivity contribution in [1.82, 2.24) is 0 Å². The molecule has 0 spiro atoms. The number of aliphatic imine (C=N–C) groups is 1. The number of fused-ring (bicyclic) bond motifs is 1. The Balaban J connectivity index is 1.99. The molecule has 0 unspecified atom stereocenters. The number of benzene rings is 2. The van der Waals surface area contributed by atoms with E-state index in [2.05, 4.69) is 20.6 Å².